The number of aryl methyl sites for hydroxylation is 1. The molecule has 238 valence electrons. The molecule has 0 unspecified atom stereocenters. The molecule has 2 aromatic carbocycles. The van der Waals surface area contributed by atoms with E-state index in [1.165, 1.54) is 63.5 Å². The lowest BCUT2D eigenvalue weighted by atomic mass is 9.49. The molecule has 2 N–H and O–H groups in total. The van der Waals surface area contributed by atoms with Gasteiger partial charge >= 0.3 is 0 Å². The van der Waals surface area contributed by atoms with Gasteiger partial charge in [-0.05, 0) is 132 Å². The maximum Gasteiger partial charge on any atom is 0.163 e. The van der Waals surface area contributed by atoms with Crippen LogP contribution in [0.25, 0.3) is 10.9 Å². The lowest BCUT2D eigenvalue weighted by Crippen LogP contribution is -2.47. The van der Waals surface area contributed by atoms with E-state index in [2.05, 4.69) is 51.7 Å². The average Bonchev–Trinajstić information content (AvgIpc) is 2.98. The van der Waals surface area contributed by atoms with Crippen molar-refractivity contribution in [1.29, 1.82) is 0 Å². The maximum atomic E-state index is 6.22. The van der Waals surface area contributed by atoms with E-state index >= 15 is 0 Å². The number of halogens is 1. The van der Waals surface area contributed by atoms with Gasteiger partial charge in [0.15, 0.2) is 11.5 Å². The quantitative estimate of drug-likeness (QED) is 0.149. The van der Waals surface area contributed by atoms with Crippen LogP contribution in [0, 0.1) is 30.1 Å². The summed E-state index contributed by atoms with van der Waals surface area (Å²) in [6.07, 6.45) is 16.7. The Kier molecular flexibility index (Phi) is 10.3. The van der Waals surface area contributed by atoms with Crippen molar-refractivity contribution in [3.05, 3.63) is 52.3 Å². The predicted octanol–water partition coefficient (Wildman–Crippen LogP) is 9.41. The fourth-order valence-corrected chi connectivity index (χ4v) is 9.26. The molecule has 1 aromatic heterocycles. The molecule has 1 atom stereocenters. The maximum absolute atomic E-state index is 6.22. The number of aromatic nitrogens is 2. The first kappa shape index (κ1) is 31.6. The largest absolute Gasteiger partial charge is 0.493 e. The van der Waals surface area contributed by atoms with Gasteiger partial charge in [0.1, 0.15) is 11.6 Å². The number of unbranched alkanes of at least 4 members (excludes halogenated alkanes) is 4. The molecule has 0 saturated heterocycles. The fraction of sp³-hybridized carbons (Fsp3) is 0.622. The second kappa shape index (κ2) is 14.4. The number of nitrogens with zero attached hydrogens (tertiary/aromatic N) is 2. The Morgan fingerprint density at radius 1 is 0.909 bits per heavy atom. The molecule has 0 amide bonds. The van der Waals surface area contributed by atoms with Gasteiger partial charge in [-0.2, -0.15) is 0 Å². The summed E-state index contributed by atoms with van der Waals surface area (Å²) < 4.78 is 13.0. The monoisotopic (exact) mass is 662 g/mol. The van der Waals surface area contributed by atoms with Crippen molar-refractivity contribution >= 4 is 32.7 Å². The summed E-state index contributed by atoms with van der Waals surface area (Å²) in [6.45, 7) is 7.13. The van der Waals surface area contributed by atoms with Crippen molar-refractivity contribution in [3.8, 4) is 11.5 Å². The van der Waals surface area contributed by atoms with Gasteiger partial charge in [0.25, 0.3) is 0 Å². The number of anilines is 1. The molecule has 44 heavy (non-hydrogen) atoms. The lowest BCUT2D eigenvalue weighted by Gasteiger charge is -2.57. The van der Waals surface area contributed by atoms with Crippen LogP contribution in [0.15, 0.2) is 40.9 Å². The van der Waals surface area contributed by atoms with Crippen molar-refractivity contribution < 1.29 is 9.47 Å². The summed E-state index contributed by atoms with van der Waals surface area (Å²) in [5.74, 6) is 6.18. The van der Waals surface area contributed by atoms with Crippen LogP contribution in [0.5, 0.6) is 11.5 Å². The number of ether oxygens (including phenoxy) is 2. The van der Waals surface area contributed by atoms with E-state index in [9.17, 15) is 0 Å². The van der Waals surface area contributed by atoms with Gasteiger partial charge in [-0.25, -0.2) is 9.97 Å². The molecule has 0 radical (unpaired) electrons. The number of hydrogen-bond acceptors (Lipinski definition) is 6. The summed E-state index contributed by atoms with van der Waals surface area (Å²) >= 11 is 3.58. The Labute approximate surface area is 272 Å². The van der Waals surface area contributed by atoms with Crippen molar-refractivity contribution in [1.82, 2.24) is 15.3 Å². The predicted molar refractivity (Wildman–Crippen MR) is 184 cm³/mol. The van der Waals surface area contributed by atoms with E-state index < -0.39 is 0 Å². The van der Waals surface area contributed by atoms with Crippen LogP contribution in [-0.4, -0.2) is 36.8 Å². The third-order valence-corrected chi connectivity index (χ3v) is 11.0. The van der Waals surface area contributed by atoms with E-state index in [4.69, 9.17) is 19.4 Å². The smallest absolute Gasteiger partial charge is 0.163 e. The Morgan fingerprint density at radius 3 is 2.36 bits per heavy atom. The van der Waals surface area contributed by atoms with Crippen molar-refractivity contribution in [2.24, 2.45) is 23.2 Å². The van der Waals surface area contributed by atoms with Crippen molar-refractivity contribution in [2.45, 2.75) is 96.9 Å². The third kappa shape index (κ3) is 7.70. The van der Waals surface area contributed by atoms with E-state index in [1.807, 2.05) is 25.1 Å². The van der Waals surface area contributed by atoms with Crippen LogP contribution in [0.1, 0.15) is 101 Å². The Morgan fingerprint density at radius 2 is 1.64 bits per heavy atom. The molecular formula is C37H51BrN4O2. The van der Waals surface area contributed by atoms with E-state index in [1.54, 1.807) is 26.4 Å². The standard InChI is InChI=1S/C37H51BrN4O2/c1-25(30-10-9-11-31(38)19-30)40-36-32-20-34(43-3)35(21-33(32)41-26(2)42-36)44-15-8-6-4-5-7-13-39-14-12-37-22-27-16-28(23-37)18-29(17-27)24-37/h9-11,19-21,25,27-29,39H,4-8,12-18,22-24H2,1-3H3,(H,40,41,42)/t25-,27?,28?,29?,37?/m1/s1. The van der Waals surface area contributed by atoms with E-state index in [-0.39, 0.29) is 6.04 Å². The summed E-state index contributed by atoms with van der Waals surface area (Å²) in [5.41, 5.74) is 2.74. The van der Waals surface area contributed by atoms with Gasteiger partial charge in [0.2, 0.25) is 0 Å². The molecular weight excluding hydrogens is 612 g/mol. The summed E-state index contributed by atoms with van der Waals surface area (Å²) in [6, 6.07) is 12.4. The molecule has 0 aliphatic heterocycles. The number of methoxy groups -OCH3 is 1. The molecule has 3 aromatic rings. The van der Waals surface area contributed by atoms with Crippen molar-refractivity contribution in [3.63, 3.8) is 0 Å². The highest BCUT2D eigenvalue weighted by molar-refractivity contribution is 9.10. The average molecular weight is 664 g/mol. The summed E-state index contributed by atoms with van der Waals surface area (Å²) in [5, 5.41) is 8.29. The molecule has 1 heterocycles. The highest BCUT2D eigenvalue weighted by atomic mass is 79.9. The topological polar surface area (TPSA) is 68.3 Å². The van der Waals surface area contributed by atoms with Crippen molar-refractivity contribution in [2.75, 3.05) is 32.1 Å². The molecule has 7 heteroatoms. The zero-order valence-corrected chi connectivity index (χ0v) is 28.6. The SMILES string of the molecule is COc1cc2c(N[C@H](C)c3cccc(Br)c3)nc(C)nc2cc1OCCCCCCCNCCC12CC3CC(CC(C3)C1)C2. The first-order chi connectivity index (χ1) is 21.4. The molecule has 4 aliphatic carbocycles. The molecule has 7 rings (SSSR count). The van der Waals surface area contributed by atoms with Crippen LogP contribution < -0.4 is 20.1 Å². The second-order valence-corrected chi connectivity index (χ2v) is 15.0. The second-order valence-electron chi connectivity index (χ2n) is 14.1. The van der Waals surface area contributed by atoms with Gasteiger partial charge in [-0.1, -0.05) is 47.3 Å². The minimum Gasteiger partial charge on any atom is -0.493 e. The highest BCUT2D eigenvalue weighted by Crippen LogP contribution is 2.61. The van der Waals surface area contributed by atoms with Crippen LogP contribution >= 0.6 is 15.9 Å². The summed E-state index contributed by atoms with van der Waals surface area (Å²) in [4.78, 5) is 9.44. The lowest BCUT2D eigenvalue weighted by molar-refractivity contribution is -0.0567. The Bertz CT molecular complexity index is 1380. The van der Waals surface area contributed by atoms with Crippen LogP contribution in [0.3, 0.4) is 0 Å². The highest BCUT2D eigenvalue weighted by Gasteiger charge is 2.50. The number of fused-ring (bicyclic) bond motifs is 1. The van der Waals surface area contributed by atoms with Crippen LogP contribution in [0.4, 0.5) is 5.82 Å². The number of benzene rings is 2. The Balaban J connectivity index is 0.912. The zero-order valence-electron chi connectivity index (χ0n) is 27.0. The molecule has 4 saturated carbocycles. The summed E-state index contributed by atoms with van der Waals surface area (Å²) in [7, 11) is 1.69. The fourth-order valence-electron chi connectivity index (χ4n) is 8.84. The Hall–Kier alpha value is -2.38. The minimum absolute atomic E-state index is 0.0779. The van der Waals surface area contributed by atoms with Crippen LogP contribution in [0.2, 0.25) is 0 Å². The molecule has 4 aliphatic rings. The number of rotatable bonds is 16. The molecule has 6 nitrogen and oxygen atoms in total. The number of nitrogens with one attached hydrogen (secondary N) is 2. The normalized spacial score (nSPS) is 24.5. The van der Waals surface area contributed by atoms with E-state index in [0.717, 1.165) is 63.5 Å². The first-order valence-electron chi connectivity index (χ1n) is 17.1. The third-order valence-electron chi connectivity index (χ3n) is 10.5. The van der Waals surface area contributed by atoms with Gasteiger partial charge in [-0.15, -0.1) is 0 Å². The number of hydrogen-bond donors (Lipinski definition) is 2. The minimum atomic E-state index is 0.0779. The van der Waals surface area contributed by atoms with Gasteiger partial charge in [0, 0.05) is 15.9 Å². The molecule has 4 bridgehead atoms. The van der Waals surface area contributed by atoms with Crippen LogP contribution in [-0.2, 0) is 0 Å². The molecule has 4 fully saturated rings. The van der Waals surface area contributed by atoms with Gasteiger partial charge in [-0.3, -0.25) is 0 Å². The van der Waals surface area contributed by atoms with Gasteiger partial charge in [0.05, 0.1) is 25.3 Å². The van der Waals surface area contributed by atoms with Gasteiger partial charge < -0.3 is 20.1 Å². The molecule has 0 spiro atoms. The zero-order chi connectivity index (χ0) is 30.5. The first-order valence-corrected chi connectivity index (χ1v) is 17.9. The van der Waals surface area contributed by atoms with E-state index in [0.29, 0.717) is 17.8 Å².